The van der Waals surface area contributed by atoms with Crippen LogP contribution in [0.3, 0.4) is 0 Å². The number of amides is 1. The van der Waals surface area contributed by atoms with Crippen LogP contribution in [0.1, 0.15) is 76.6 Å². The highest BCUT2D eigenvalue weighted by molar-refractivity contribution is 5.78. The molecular weight excluding hydrogens is 322 g/mol. The van der Waals surface area contributed by atoms with Crippen LogP contribution in [0.5, 0.6) is 0 Å². The number of carbonyl (C=O) groups is 1. The first-order valence-electron chi connectivity index (χ1n) is 10.5. The first-order valence-corrected chi connectivity index (χ1v) is 10.5. The van der Waals surface area contributed by atoms with Gasteiger partial charge in [0.2, 0.25) is 5.91 Å². The fourth-order valence-electron chi connectivity index (χ4n) is 4.91. The zero-order valence-corrected chi connectivity index (χ0v) is 16.0. The number of aryl methyl sites for hydroxylation is 1. The van der Waals surface area contributed by atoms with E-state index in [1.165, 1.54) is 44.0 Å². The van der Waals surface area contributed by atoms with E-state index >= 15 is 0 Å². The van der Waals surface area contributed by atoms with Gasteiger partial charge in [-0.1, -0.05) is 51.2 Å². The highest BCUT2D eigenvalue weighted by Crippen LogP contribution is 2.35. The molecule has 1 aromatic carbocycles. The monoisotopic (exact) mass is 353 g/mol. The maximum atomic E-state index is 12.4. The molecule has 2 aromatic rings. The average molecular weight is 354 g/mol. The molecule has 1 saturated heterocycles. The van der Waals surface area contributed by atoms with E-state index in [4.69, 9.17) is 4.98 Å². The first kappa shape index (κ1) is 17.6. The molecule has 140 valence electrons. The van der Waals surface area contributed by atoms with Gasteiger partial charge in [0, 0.05) is 19.5 Å². The van der Waals surface area contributed by atoms with Gasteiger partial charge >= 0.3 is 0 Å². The normalized spacial score (nSPS) is 21.6. The number of fused-ring (bicyclic) bond motifs is 1. The van der Waals surface area contributed by atoms with Gasteiger partial charge in [-0.05, 0) is 37.3 Å². The van der Waals surface area contributed by atoms with Crippen LogP contribution in [0.4, 0.5) is 0 Å². The topological polar surface area (TPSA) is 38.1 Å². The lowest BCUT2D eigenvalue weighted by Gasteiger charge is -2.26. The van der Waals surface area contributed by atoms with Gasteiger partial charge < -0.3 is 9.47 Å². The Bertz CT molecular complexity index is 760. The third-order valence-electron chi connectivity index (χ3n) is 6.34. The second-order valence-corrected chi connectivity index (χ2v) is 8.00. The summed E-state index contributed by atoms with van der Waals surface area (Å²) in [5.41, 5.74) is 2.30. The summed E-state index contributed by atoms with van der Waals surface area (Å²) in [6.07, 6.45) is 10.9. The van der Waals surface area contributed by atoms with Crippen molar-refractivity contribution in [3.8, 4) is 0 Å². The minimum Gasteiger partial charge on any atom is -0.333 e. The lowest BCUT2D eigenvalue weighted by molar-refractivity contribution is -0.131. The van der Waals surface area contributed by atoms with Crippen LogP contribution in [-0.2, 0) is 11.3 Å². The van der Waals surface area contributed by atoms with Crippen molar-refractivity contribution in [3.05, 3.63) is 30.1 Å². The SMILES string of the molecule is CCC(=O)N1CCC[C@@H]1c1nc2ccccc2n1CCC1CCCCC1. The predicted octanol–water partition coefficient (Wildman–Crippen LogP) is 5.08. The van der Waals surface area contributed by atoms with E-state index in [0.717, 1.165) is 43.2 Å². The highest BCUT2D eigenvalue weighted by Gasteiger charge is 2.33. The van der Waals surface area contributed by atoms with Crippen molar-refractivity contribution in [1.82, 2.24) is 14.5 Å². The molecule has 1 amide bonds. The largest absolute Gasteiger partial charge is 0.333 e. The fraction of sp³-hybridized carbons (Fsp3) is 0.636. The minimum absolute atomic E-state index is 0.154. The van der Waals surface area contributed by atoms with Crippen LogP contribution in [0.25, 0.3) is 11.0 Å². The fourth-order valence-corrected chi connectivity index (χ4v) is 4.91. The molecule has 0 unspecified atom stereocenters. The average Bonchev–Trinajstić information content (AvgIpc) is 3.31. The van der Waals surface area contributed by atoms with Gasteiger partial charge in [-0.25, -0.2) is 4.98 Å². The Kier molecular flexibility index (Phi) is 5.28. The van der Waals surface area contributed by atoms with E-state index in [-0.39, 0.29) is 11.9 Å². The summed E-state index contributed by atoms with van der Waals surface area (Å²) in [5.74, 6) is 2.23. The van der Waals surface area contributed by atoms with Gasteiger partial charge in [0.1, 0.15) is 5.82 Å². The number of nitrogens with zero attached hydrogens (tertiary/aromatic N) is 3. The predicted molar refractivity (Wildman–Crippen MR) is 105 cm³/mol. The molecule has 0 radical (unpaired) electrons. The van der Waals surface area contributed by atoms with Crippen molar-refractivity contribution in [2.45, 2.75) is 77.3 Å². The molecule has 0 spiro atoms. The Labute approximate surface area is 156 Å². The van der Waals surface area contributed by atoms with Crippen LogP contribution in [0.15, 0.2) is 24.3 Å². The molecular formula is C22H31N3O. The molecule has 1 atom stereocenters. The van der Waals surface area contributed by atoms with E-state index in [1.807, 2.05) is 6.92 Å². The number of hydrogen-bond acceptors (Lipinski definition) is 2. The van der Waals surface area contributed by atoms with Gasteiger partial charge in [0.05, 0.1) is 17.1 Å². The molecule has 0 N–H and O–H groups in total. The Balaban J connectivity index is 1.64. The lowest BCUT2D eigenvalue weighted by atomic mass is 9.87. The summed E-state index contributed by atoms with van der Waals surface area (Å²) >= 11 is 0. The van der Waals surface area contributed by atoms with Crippen molar-refractivity contribution in [3.63, 3.8) is 0 Å². The van der Waals surface area contributed by atoms with Crippen molar-refractivity contribution in [2.75, 3.05) is 6.54 Å². The summed E-state index contributed by atoms with van der Waals surface area (Å²) in [7, 11) is 0. The lowest BCUT2D eigenvalue weighted by Crippen LogP contribution is -2.31. The number of carbonyl (C=O) groups excluding carboxylic acids is 1. The maximum absolute atomic E-state index is 12.4. The molecule has 1 aliphatic carbocycles. The van der Waals surface area contributed by atoms with Gasteiger partial charge in [-0.15, -0.1) is 0 Å². The van der Waals surface area contributed by atoms with E-state index < -0.39 is 0 Å². The number of benzene rings is 1. The molecule has 26 heavy (non-hydrogen) atoms. The quantitative estimate of drug-likeness (QED) is 0.752. The number of para-hydroxylation sites is 2. The van der Waals surface area contributed by atoms with Gasteiger partial charge in [0.25, 0.3) is 0 Å². The number of hydrogen-bond donors (Lipinski definition) is 0. The van der Waals surface area contributed by atoms with Crippen molar-refractivity contribution in [2.24, 2.45) is 5.92 Å². The standard InChI is InChI=1S/C22H31N3O/c1-2-21(26)24-15-8-13-20(24)22-23-18-11-6-7-12-19(18)25(22)16-14-17-9-4-3-5-10-17/h6-7,11-12,17,20H,2-5,8-10,13-16H2,1H3/t20-/m1/s1. The van der Waals surface area contributed by atoms with Gasteiger partial charge in [0.15, 0.2) is 0 Å². The van der Waals surface area contributed by atoms with E-state index in [2.05, 4.69) is 33.7 Å². The number of aromatic nitrogens is 2. The van der Waals surface area contributed by atoms with Crippen LogP contribution in [0, 0.1) is 5.92 Å². The third kappa shape index (κ3) is 3.38. The number of imidazole rings is 1. The van der Waals surface area contributed by atoms with Gasteiger partial charge in [-0.2, -0.15) is 0 Å². The summed E-state index contributed by atoms with van der Waals surface area (Å²) < 4.78 is 2.43. The first-order chi connectivity index (χ1) is 12.8. The maximum Gasteiger partial charge on any atom is 0.222 e. The molecule has 1 aliphatic heterocycles. The van der Waals surface area contributed by atoms with Crippen LogP contribution < -0.4 is 0 Å². The van der Waals surface area contributed by atoms with Crippen molar-refractivity contribution >= 4 is 16.9 Å². The Morgan fingerprint density at radius 2 is 1.92 bits per heavy atom. The Hall–Kier alpha value is -1.84. The summed E-state index contributed by atoms with van der Waals surface area (Å²) in [4.78, 5) is 19.5. The molecule has 1 saturated carbocycles. The minimum atomic E-state index is 0.154. The second kappa shape index (κ2) is 7.81. The molecule has 0 bridgehead atoms. The van der Waals surface area contributed by atoms with Crippen LogP contribution in [-0.4, -0.2) is 26.9 Å². The Morgan fingerprint density at radius 1 is 1.12 bits per heavy atom. The zero-order valence-electron chi connectivity index (χ0n) is 16.0. The smallest absolute Gasteiger partial charge is 0.222 e. The Morgan fingerprint density at radius 3 is 2.73 bits per heavy atom. The summed E-state index contributed by atoms with van der Waals surface area (Å²) in [6.45, 7) is 3.87. The van der Waals surface area contributed by atoms with Crippen molar-refractivity contribution in [1.29, 1.82) is 0 Å². The molecule has 1 aromatic heterocycles. The van der Waals surface area contributed by atoms with Crippen LogP contribution >= 0.6 is 0 Å². The molecule has 2 heterocycles. The second-order valence-electron chi connectivity index (χ2n) is 8.00. The highest BCUT2D eigenvalue weighted by atomic mass is 16.2. The molecule has 4 heteroatoms. The molecule has 2 fully saturated rings. The summed E-state index contributed by atoms with van der Waals surface area (Å²) in [6, 6.07) is 8.62. The zero-order chi connectivity index (χ0) is 17.9. The molecule has 4 nitrogen and oxygen atoms in total. The van der Waals surface area contributed by atoms with Crippen LogP contribution in [0.2, 0.25) is 0 Å². The van der Waals surface area contributed by atoms with E-state index in [1.54, 1.807) is 0 Å². The van der Waals surface area contributed by atoms with Crippen molar-refractivity contribution < 1.29 is 4.79 Å². The molecule has 4 rings (SSSR count). The van der Waals surface area contributed by atoms with E-state index in [9.17, 15) is 4.79 Å². The summed E-state index contributed by atoms with van der Waals surface area (Å²) in [5, 5.41) is 0. The number of likely N-dealkylation sites (tertiary alicyclic amines) is 1. The van der Waals surface area contributed by atoms with E-state index in [0.29, 0.717) is 6.42 Å². The number of rotatable bonds is 5. The third-order valence-corrected chi connectivity index (χ3v) is 6.34. The molecule has 2 aliphatic rings. The van der Waals surface area contributed by atoms with Gasteiger partial charge in [-0.3, -0.25) is 4.79 Å².